The largest absolute Gasteiger partial charge is 0.363 e. The summed E-state index contributed by atoms with van der Waals surface area (Å²) in [5.74, 6) is 1.31. The minimum atomic E-state index is 0.00986. The van der Waals surface area contributed by atoms with Gasteiger partial charge in [0, 0.05) is 26.2 Å². The molecule has 1 aliphatic carbocycles. The Hall–Kier alpha value is -2.07. The Morgan fingerprint density at radius 1 is 1.24 bits per heavy atom. The van der Waals surface area contributed by atoms with Crippen LogP contribution in [0.4, 0.5) is 5.82 Å². The van der Waals surface area contributed by atoms with Crippen LogP contribution in [0.2, 0.25) is 5.15 Å². The van der Waals surface area contributed by atoms with Gasteiger partial charge in [-0.05, 0) is 43.4 Å². The molecule has 0 radical (unpaired) electrons. The van der Waals surface area contributed by atoms with Crippen molar-refractivity contribution in [3.05, 3.63) is 58.7 Å². The van der Waals surface area contributed by atoms with E-state index in [9.17, 15) is 4.79 Å². The molecule has 2 aromatic rings. The predicted molar refractivity (Wildman–Crippen MR) is 102 cm³/mol. The summed E-state index contributed by atoms with van der Waals surface area (Å²) in [4.78, 5) is 21.4. The van der Waals surface area contributed by atoms with Crippen molar-refractivity contribution in [1.29, 1.82) is 0 Å². The predicted octanol–water partition coefficient (Wildman–Crippen LogP) is 4.41. The molecule has 1 aromatic heterocycles. The second kappa shape index (κ2) is 7.44. The average Bonchev–Trinajstić information content (AvgIpc) is 3.43. The molecule has 3 rings (SSSR count). The molecule has 25 heavy (non-hydrogen) atoms. The third kappa shape index (κ3) is 4.31. The number of hydrogen-bond donors (Lipinski definition) is 0. The number of aromatic nitrogens is 1. The van der Waals surface area contributed by atoms with E-state index >= 15 is 0 Å². The van der Waals surface area contributed by atoms with E-state index in [1.807, 2.05) is 48.2 Å². The molecular weight excluding hydrogens is 334 g/mol. The zero-order chi connectivity index (χ0) is 18.0. The van der Waals surface area contributed by atoms with Crippen LogP contribution in [-0.4, -0.2) is 36.4 Å². The highest BCUT2D eigenvalue weighted by Gasteiger charge is 2.31. The maximum atomic E-state index is 13.3. The molecule has 132 valence electrons. The minimum Gasteiger partial charge on any atom is -0.363 e. The number of carbonyl (C=O) groups excluding carboxylic acids is 1. The average molecular weight is 358 g/mol. The standard InChI is InChI=1S/C20H24ClN3O/c1-14(16-7-5-4-6-8-16)24(13-15-9-10-15)20(25)17-11-18(21)22-19(12-17)23(2)3/h4-8,11-12,14-15H,9-10,13H2,1-3H3. The number of rotatable bonds is 6. The highest BCUT2D eigenvalue weighted by atomic mass is 35.5. The first kappa shape index (κ1) is 17.7. The van der Waals surface area contributed by atoms with Gasteiger partial charge in [0.25, 0.3) is 5.91 Å². The van der Waals surface area contributed by atoms with Gasteiger partial charge in [0.15, 0.2) is 0 Å². The van der Waals surface area contributed by atoms with E-state index in [1.165, 1.54) is 12.8 Å². The van der Waals surface area contributed by atoms with Crippen molar-refractivity contribution in [2.75, 3.05) is 25.5 Å². The summed E-state index contributed by atoms with van der Waals surface area (Å²) in [6.45, 7) is 2.87. The third-order valence-corrected chi connectivity index (χ3v) is 4.84. The lowest BCUT2D eigenvalue weighted by Crippen LogP contribution is -2.35. The number of benzene rings is 1. The first-order chi connectivity index (χ1) is 12.0. The lowest BCUT2D eigenvalue weighted by Gasteiger charge is -2.30. The summed E-state index contributed by atoms with van der Waals surface area (Å²) >= 11 is 6.15. The molecule has 0 bridgehead atoms. The fraction of sp³-hybridized carbons (Fsp3) is 0.400. The smallest absolute Gasteiger partial charge is 0.254 e. The fourth-order valence-electron chi connectivity index (χ4n) is 2.91. The first-order valence-electron chi connectivity index (χ1n) is 8.66. The van der Waals surface area contributed by atoms with Gasteiger partial charge < -0.3 is 9.80 Å². The van der Waals surface area contributed by atoms with Gasteiger partial charge in [-0.2, -0.15) is 0 Å². The maximum absolute atomic E-state index is 13.3. The molecule has 0 saturated heterocycles. The summed E-state index contributed by atoms with van der Waals surface area (Å²) in [6.07, 6.45) is 2.40. The number of hydrogen-bond acceptors (Lipinski definition) is 3. The van der Waals surface area contributed by atoms with Crippen LogP contribution in [0.3, 0.4) is 0 Å². The number of nitrogens with zero attached hydrogens (tertiary/aromatic N) is 3. The molecule has 1 amide bonds. The van der Waals surface area contributed by atoms with E-state index in [-0.39, 0.29) is 11.9 Å². The molecule has 1 aromatic carbocycles. The number of amides is 1. The molecule has 1 fully saturated rings. The molecule has 1 heterocycles. The Morgan fingerprint density at radius 3 is 2.52 bits per heavy atom. The quantitative estimate of drug-likeness (QED) is 0.718. The van der Waals surface area contributed by atoms with E-state index in [2.05, 4.69) is 24.0 Å². The van der Waals surface area contributed by atoms with Gasteiger partial charge in [-0.3, -0.25) is 4.79 Å². The molecule has 1 saturated carbocycles. The van der Waals surface area contributed by atoms with Crippen LogP contribution in [0, 0.1) is 5.92 Å². The van der Waals surface area contributed by atoms with Crippen molar-refractivity contribution < 1.29 is 4.79 Å². The zero-order valence-electron chi connectivity index (χ0n) is 14.9. The first-order valence-corrected chi connectivity index (χ1v) is 9.04. The monoisotopic (exact) mass is 357 g/mol. The Kier molecular flexibility index (Phi) is 5.28. The third-order valence-electron chi connectivity index (χ3n) is 4.65. The van der Waals surface area contributed by atoms with Gasteiger partial charge >= 0.3 is 0 Å². The Morgan fingerprint density at radius 2 is 1.92 bits per heavy atom. The van der Waals surface area contributed by atoms with E-state index in [0.29, 0.717) is 22.5 Å². The molecule has 4 nitrogen and oxygen atoms in total. The van der Waals surface area contributed by atoms with Gasteiger partial charge in [0.1, 0.15) is 11.0 Å². The van der Waals surface area contributed by atoms with Crippen LogP contribution in [0.25, 0.3) is 0 Å². The fourth-order valence-corrected chi connectivity index (χ4v) is 3.11. The summed E-state index contributed by atoms with van der Waals surface area (Å²) in [5.41, 5.74) is 1.73. The summed E-state index contributed by atoms with van der Waals surface area (Å²) in [7, 11) is 3.78. The van der Waals surface area contributed by atoms with Crippen molar-refractivity contribution in [1.82, 2.24) is 9.88 Å². The molecule has 5 heteroatoms. The van der Waals surface area contributed by atoms with Crippen LogP contribution in [-0.2, 0) is 0 Å². The Bertz CT molecular complexity index is 744. The minimum absolute atomic E-state index is 0.00986. The van der Waals surface area contributed by atoms with E-state index in [0.717, 1.165) is 12.1 Å². The van der Waals surface area contributed by atoms with Crippen LogP contribution < -0.4 is 4.90 Å². The molecule has 1 aliphatic rings. The lowest BCUT2D eigenvalue weighted by atomic mass is 10.1. The number of pyridine rings is 1. The lowest BCUT2D eigenvalue weighted by molar-refractivity contribution is 0.0680. The Labute approximate surface area is 154 Å². The van der Waals surface area contributed by atoms with Gasteiger partial charge in [-0.1, -0.05) is 41.9 Å². The van der Waals surface area contributed by atoms with Crippen molar-refractivity contribution in [2.45, 2.75) is 25.8 Å². The van der Waals surface area contributed by atoms with Gasteiger partial charge in [-0.25, -0.2) is 4.98 Å². The second-order valence-corrected chi connectivity index (χ2v) is 7.31. The van der Waals surface area contributed by atoms with E-state index in [1.54, 1.807) is 6.07 Å². The van der Waals surface area contributed by atoms with Crippen molar-refractivity contribution >= 4 is 23.3 Å². The van der Waals surface area contributed by atoms with Crippen molar-refractivity contribution in [3.8, 4) is 0 Å². The molecular formula is C20H24ClN3O. The summed E-state index contributed by atoms with van der Waals surface area (Å²) in [6, 6.07) is 13.7. The van der Waals surface area contributed by atoms with Crippen LogP contribution in [0.1, 0.15) is 41.7 Å². The number of carbonyl (C=O) groups is 1. The summed E-state index contributed by atoms with van der Waals surface area (Å²) < 4.78 is 0. The van der Waals surface area contributed by atoms with Crippen LogP contribution in [0.5, 0.6) is 0 Å². The number of anilines is 1. The van der Waals surface area contributed by atoms with Gasteiger partial charge in [-0.15, -0.1) is 0 Å². The van der Waals surface area contributed by atoms with E-state index < -0.39 is 0 Å². The normalized spacial score (nSPS) is 14.9. The Balaban J connectivity index is 1.92. The van der Waals surface area contributed by atoms with Crippen molar-refractivity contribution in [3.63, 3.8) is 0 Å². The highest BCUT2D eigenvalue weighted by Crippen LogP contribution is 2.34. The van der Waals surface area contributed by atoms with Gasteiger partial charge in [0.2, 0.25) is 0 Å². The zero-order valence-corrected chi connectivity index (χ0v) is 15.7. The second-order valence-electron chi connectivity index (χ2n) is 6.92. The van der Waals surface area contributed by atoms with Crippen LogP contribution >= 0.6 is 11.6 Å². The molecule has 0 N–H and O–H groups in total. The SMILES string of the molecule is CC(c1ccccc1)N(CC1CC1)C(=O)c1cc(Cl)nc(N(C)C)c1. The maximum Gasteiger partial charge on any atom is 0.254 e. The van der Waals surface area contributed by atoms with Crippen molar-refractivity contribution in [2.24, 2.45) is 5.92 Å². The summed E-state index contributed by atoms with van der Waals surface area (Å²) in [5, 5.41) is 0.341. The van der Waals surface area contributed by atoms with Gasteiger partial charge in [0.05, 0.1) is 6.04 Å². The number of halogens is 1. The topological polar surface area (TPSA) is 36.4 Å². The molecule has 1 unspecified atom stereocenters. The van der Waals surface area contributed by atoms with Crippen LogP contribution in [0.15, 0.2) is 42.5 Å². The highest BCUT2D eigenvalue weighted by molar-refractivity contribution is 6.29. The molecule has 0 aliphatic heterocycles. The van der Waals surface area contributed by atoms with E-state index in [4.69, 9.17) is 11.6 Å². The molecule has 0 spiro atoms. The molecule has 1 atom stereocenters.